The average molecular weight is 499 g/mol. The van der Waals surface area contributed by atoms with Gasteiger partial charge in [-0.25, -0.2) is 4.98 Å². The van der Waals surface area contributed by atoms with Gasteiger partial charge in [-0.2, -0.15) is 0 Å². The monoisotopic (exact) mass is 498 g/mol. The normalized spacial score (nSPS) is 13.4. The van der Waals surface area contributed by atoms with Gasteiger partial charge in [0.2, 0.25) is 0 Å². The highest BCUT2D eigenvalue weighted by molar-refractivity contribution is 6.05. The highest BCUT2D eigenvalue weighted by atomic mass is 16.3. The summed E-state index contributed by atoms with van der Waals surface area (Å²) in [6.45, 7) is 5.88. The zero-order valence-corrected chi connectivity index (χ0v) is 20.7. The van der Waals surface area contributed by atoms with Crippen LogP contribution in [0, 0.1) is 6.92 Å². The van der Waals surface area contributed by atoms with Crippen LogP contribution in [0.15, 0.2) is 77.8 Å². The van der Waals surface area contributed by atoms with Crippen molar-refractivity contribution in [3.05, 3.63) is 96.0 Å². The minimum absolute atomic E-state index is 0.205. The van der Waals surface area contributed by atoms with Gasteiger partial charge in [0.1, 0.15) is 0 Å². The van der Waals surface area contributed by atoms with Crippen LogP contribution in [-0.4, -0.2) is 54.5 Å². The van der Waals surface area contributed by atoms with E-state index in [1.165, 1.54) is 17.5 Å². The molecular formula is C28H30N6O3. The van der Waals surface area contributed by atoms with Gasteiger partial charge in [-0.1, -0.05) is 18.2 Å². The third-order valence-electron chi connectivity index (χ3n) is 6.56. The van der Waals surface area contributed by atoms with E-state index < -0.39 is 0 Å². The number of anilines is 3. The van der Waals surface area contributed by atoms with Gasteiger partial charge in [0.25, 0.3) is 11.8 Å². The Bertz CT molecular complexity index is 1340. The molecule has 0 saturated carbocycles. The molecule has 0 spiro atoms. The number of aromatic nitrogens is 2. The molecule has 0 bridgehead atoms. The number of piperazine rings is 1. The van der Waals surface area contributed by atoms with Gasteiger partial charge in [0.05, 0.1) is 24.0 Å². The summed E-state index contributed by atoms with van der Waals surface area (Å²) in [6.07, 6.45) is 5.47. The molecule has 37 heavy (non-hydrogen) atoms. The van der Waals surface area contributed by atoms with Crippen LogP contribution >= 0.6 is 0 Å². The molecule has 5 rings (SSSR count). The summed E-state index contributed by atoms with van der Waals surface area (Å²) in [5, 5.41) is 5.89. The van der Waals surface area contributed by atoms with E-state index in [9.17, 15) is 9.59 Å². The topological polar surface area (TPSA) is 106 Å². The van der Waals surface area contributed by atoms with E-state index in [1.54, 1.807) is 36.8 Å². The molecule has 1 fully saturated rings. The molecule has 9 heteroatoms. The molecule has 9 nitrogen and oxygen atoms in total. The van der Waals surface area contributed by atoms with Crippen molar-refractivity contribution in [3.8, 4) is 0 Å². The molecule has 1 saturated heterocycles. The fourth-order valence-electron chi connectivity index (χ4n) is 4.59. The Morgan fingerprint density at radius 1 is 0.973 bits per heavy atom. The maximum absolute atomic E-state index is 12.9. The highest BCUT2D eigenvalue weighted by Crippen LogP contribution is 2.30. The predicted octanol–water partition coefficient (Wildman–Crippen LogP) is 3.86. The molecule has 0 unspecified atom stereocenters. The Hall–Kier alpha value is -4.53. The second-order valence-electron chi connectivity index (χ2n) is 9.01. The van der Waals surface area contributed by atoms with E-state index >= 15 is 0 Å². The van der Waals surface area contributed by atoms with E-state index in [0.29, 0.717) is 24.2 Å². The van der Waals surface area contributed by atoms with Crippen LogP contribution in [0.5, 0.6) is 0 Å². The number of aromatic amines is 1. The Balaban J connectivity index is 1.32. The van der Waals surface area contributed by atoms with E-state index in [-0.39, 0.29) is 17.6 Å². The van der Waals surface area contributed by atoms with Gasteiger partial charge >= 0.3 is 0 Å². The van der Waals surface area contributed by atoms with E-state index in [0.717, 1.165) is 37.6 Å². The van der Waals surface area contributed by atoms with Crippen LogP contribution < -0.4 is 20.4 Å². The van der Waals surface area contributed by atoms with Crippen LogP contribution in [0.1, 0.15) is 32.2 Å². The maximum Gasteiger partial charge on any atom is 0.291 e. The molecule has 0 radical (unpaired) electrons. The molecule has 1 aliphatic rings. The van der Waals surface area contributed by atoms with Crippen LogP contribution in [0.2, 0.25) is 0 Å². The van der Waals surface area contributed by atoms with Gasteiger partial charge in [-0.15, -0.1) is 0 Å². The van der Waals surface area contributed by atoms with Crippen molar-refractivity contribution in [2.75, 3.05) is 47.8 Å². The van der Waals surface area contributed by atoms with Crippen LogP contribution in [0.25, 0.3) is 0 Å². The zero-order chi connectivity index (χ0) is 25.6. The molecule has 1 aliphatic heterocycles. The predicted molar refractivity (Wildman–Crippen MR) is 143 cm³/mol. The van der Waals surface area contributed by atoms with Gasteiger partial charge in [-0.3, -0.25) is 9.59 Å². The number of nitrogens with zero attached hydrogens (tertiary/aromatic N) is 3. The first-order valence-corrected chi connectivity index (χ1v) is 12.4. The largest absolute Gasteiger partial charge is 0.459 e. The first-order chi connectivity index (χ1) is 18.1. The summed E-state index contributed by atoms with van der Waals surface area (Å²) in [5.74, 6) is -0.352. The first kappa shape index (κ1) is 24.2. The summed E-state index contributed by atoms with van der Waals surface area (Å²) in [6, 6.07) is 17.1. The minimum Gasteiger partial charge on any atom is -0.459 e. The number of para-hydroxylation sites is 1. The fourth-order valence-corrected chi connectivity index (χ4v) is 4.59. The summed E-state index contributed by atoms with van der Waals surface area (Å²) in [4.78, 5) is 37.3. The van der Waals surface area contributed by atoms with Gasteiger partial charge in [0, 0.05) is 62.3 Å². The lowest BCUT2D eigenvalue weighted by atomic mass is 10.1. The molecular weight excluding hydrogens is 468 g/mol. The van der Waals surface area contributed by atoms with Gasteiger partial charge in [0.15, 0.2) is 5.76 Å². The molecule has 2 aromatic carbocycles. The zero-order valence-electron chi connectivity index (χ0n) is 20.7. The number of carbonyl (C=O) groups is 2. The summed E-state index contributed by atoms with van der Waals surface area (Å²) in [7, 11) is 0. The van der Waals surface area contributed by atoms with Crippen molar-refractivity contribution >= 4 is 28.9 Å². The Labute approximate surface area is 215 Å². The smallest absolute Gasteiger partial charge is 0.291 e. The SMILES string of the molecule is Cc1ccccc1N1CCN(c2ccc(C(=O)NCCc3cnc[nH]3)cc2NC(=O)c2ccco2)CC1. The van der Waals surface area contributed by atoms with E-state index in [1.807, 2.05) is 6.07 Å². The van der Waals surface area contributed by atoms with E-state index in [4.69, 9.17) is 4.42 Å². The summed E-state index contributed by atoms with van der Waals surface area (Å²) >= 11 is 0. The second kappa shape index (κ2) is 11.0. The van der Waals surface area contributed by atoms with Crippen LogP contribution in [0.3, 0.4) is 0 Å². The minimum atomic E-state index is -0.360. The van der Waals surface area contributed by atoms with Crippen molar-refractivity contribution in [1.82, 2.24) is 15.3 Å². The Morgan fingerprint density at radius 2 is 1.76 bits per heavy atom. The maximum atomic E-state index is 12.9. The summed E-state index contributed by atoms with van der Waals surface area (Å²) < 4.78 is 5.27. The van der Waals surface area contributed by atoms with Crippen molar-refractivity contribution < 1.29 is 14.0 Å². The molecule has 0 aliphatic carbocycles. The number of carbonyl (C=O) groups excluding carboxylic acids is 2. The van der Waals surface area contributed by atoms with Crippen molar-refractivity contribution in [2.45, 2.75) is 13.3 Å². The molecule has 190 valence electrons. The van der Waals surface area contributed by atoms with Crippen molar-refractivity contribution in [1.29, 1.82) is 0 Å². The second-order valence-corrected chi connectivity index (χ2v) is 9.01. The van der Waals surface area contributed by atoms with Gasteiger partial charge < -0.3 is 29.8 Å². The number of amides is 2. The molecule has 2 amide bonds. The molecule has 4 aromatic rings. The van der Waals surface area contributed by atoms with Crippen molar-refractivity contribution in [2.24, 2.45) is 0 Å². The highest BCUT2D eigenvalue weighted by Gasteiger charge is 2.23. The number of hydrogen-bond acceptors (Lipinski definition) is 6. The number of hydrogen-bond donors (Lipinski definition) is 3. The van der Waals surface area contributed by atoms with Crippen molar-refractivity contribution in [3.63, 3.8) is 0 Å². The number of H-pyrrole nitrogens is 1. The van der Waals surface area contributed by atoms with Crippen LogP contribution in [0.4, 0.5) is 17.1 Å². The third-order valence-corrected chi connectivity index (χ3v) is 6.56. The standard InChI is InChI=1S/C28H30N6O3/c1-20-5-2-3-6-24(20)33-12-14-34(15-13-33)25-9-8-21(27(35)30-11-10-22-18-29-19-31-22)17-23(25)32-28(36)26-7-4-16-37-26/h2-9,16-19H,10-15H2,1H3,(H,29,31)(H,30,35)(H,32,36). The Morgan fingerprint density at radius 3 is 2.46 bits per heavy atom. The quantitative estimate of drug-likeness (QED) is 0.341. The number of aryl methyl sites for hydroxylation is 1. The fraction of sp³-hybridized carbons (Fsp3) is 0.250. The molecule has 3 heterocycles. The number of rotatable bonds is 8. The Kier molecular flexibility index (Phi) is 7.21. The first-order valence-electron chi connectivity index (χ1n) is 12.4. The summed E-state index contributed by atoms with van der Waals surface area (Å²) in [5.41, 5.74) is 5.37. The lowest BCUT2D eigenvalue weighted by molar-refractivity contribution is 0.0952. The number of nitrogens with one attached hydrogen (secondary N) is 3. The number of imidazole rings is 1. The number of benzene rings is 2. The lowest BCUT2D eigenvalue weighted by Crippen LogP contribution is -2.47. The molecule has 0 atom stereocenters. The molecule has 2 aromatic heterocycles. The lowest BCUT2D eigenvalue weighted by Gasteiger charge is -2.38. The van der Waals surface area contributed by atoms with Crippen LogP contribution in [-0.2, 0) is 6.42 Å². The molecule has 3 N–H and O–H groups in total. The van der Waals surface area contributed by atoms with Gasteiger partial charge in [-0.05, 0) is 48.9 Å². The average Bonchev–Trinajstić information content (AvgIpc) is 3.64. The number of furan rings is 1. The third kappa shape index (κ3) is 5.66. The van der Waals surface area contributed by atoms with E-state index in [2.05, 4.69) is 61.6 Å².